The van der Waals surface area contributed by atoms with Crippen molar-refractivity contribution in [1.29, 1.82) is 0 Å². The summed E-state index contributed by atoms with van der Waals surface area (Å²) < 4.78 is 27.9. The second-order valence-corrected chi connectivity index (χ2v) is 9.98. The van der Waals surface area contributed by atoms with E-state index in [4.69, 9.17) is 23.4 Å². The molecule has 10 atom stereocenters. The summed E-state index contributed by atoms with van der Waals surface area (Å²) in [6.45, 7) is 0.969. The highest BCUT2D eigenvalue weighted by molar-refractivity contribution is 5.86. The maximum Gasteiger partial charge on any atom is 0.229 e. The number of benzene rings is 2. The zero-order valence-corrected chi connectivity index (χ0v) is 21.5. The van der Waals surface area contributed by atoms with Gasteiger partial charge in [0, 0.05) is 23.8 Å². The van der Waals surface area contributed by atoms with Gasteiger partial charge in [-0.3, -0.25) is 4.79 Å². The monoisotopic (exact) mass is 578 g/mol. The van der Waals surface area contributed by atoms with Crippen molar-refractivity contribution in [3.63, 3.8) is 0 Å². The van der Waals surface area contributed by atoms with Gasteiger partial charge in [0.1, 0.15) is 76.7 Å². The molecule has 2 aromatic carbocycles. The summed E-state index contributed by atoms with van der Waals surface area (Å²) in [5.74, 6) is -0.457. The molecule has 14 nitrogen and oxygen atoms in total. The first-order valence-corrected chi connectivity index (χ1v) is 12.7. The van der Waals surface area contributed by atoms with Gasteiger partial charge in [-0.25, -0.2) is 0 Å². The molecule has 0 bridgehead atoms. The molecular weight excluding hydrogens is 548 g/mol. The Morgan fingerprint density at radius 3 is 2.15 bits per heavy atom. The molecule has 0 saturated carbocycles. The number of phenols is 2. The molecule has 3 aromatic rings. The Balaban J connectivity index is 1.35. The minimum Gasteiger partial charge on any atom is -0.508 e. The molecule has 14 heteroatoms. The summed E-state index contributed by atoms with van der Waals surface area (Å²) in [6.07, 6.45) is -14.9. The van der Waals surface area contributed by atoms with Gasteiger partial charge in [-0.05, 0) is 31.2 Å². The van der Waals surface area contributed by atoms with E-state index in [1.165, 1.54) is 43.3 Å². The Hall–Kier alpha value is -3.31. The predicted octanol–water partition coefficient (Wildman–Crippen LogP) is -1.10. The van der Waals surface area contributed by atoms with E-state index in [0.29, 0.717) is 5.56 Å². The smallest absolute Gasteiger partial charge is 0.229 e. The van der Waals surface area contributed by atoms with Crippen LogP contribution in [0.5, 0.6) is 17.2 Å². The van der Waals surface area contributed by atoms with Crippen LogP contribution in [-0.2, 0) is 14.2 Å². The van der Waals surface area contributed by atoms with Crippen LogP contribution in [0.25, 0.3) is 22.3 Å². The molecule has 2 fully saturated rings. The van der Waals surface area contributed by atoms with Gasteiger partial charge in [0.25, 0.3) is 0 Å². The SMILES string of the molecule is C[C@H]1O[C@@H](OC[C@H]2O[C@@H](Oc3cc(O)c4c(=O)cc(-c5ccc(O)cc5)oc4c3)[C@@H](O)[C@H](O)[C@@H]2O)[C@@H](O)[C@H](O)[C@H]1O. The fourth-order valence-electron chi connectivity index (χ4n) is 4.71. The highest BCUT2D eigenvalue weighted by Gasteiger charge is 2.47. The largest absolute Gasteiger partial charge is 0.508 e. The van der Waals surface area contributed by atoms with E-state index in [2.05, 4.69) is 0 Å². The minimum absolute atomic E-state index is 0.0145. The van der Waals surface area contributed by atoms with Crippen LogP contribution >= 0.6 is 0 Å². The Labute approximate surface area is 231 Å². The maximum atomic E-state index is 12.7. The van der Waals surface area contributed by atoms with Crippen molar-refractivity contribution in [2.45, 2.75) is 68.3 Å². The second kappa shape index (κ2) is 11.5. The number of hydrogen-bond donors (Lipinski definition) is 8. The van der Waals surface area contributed by atoms with Gasteiger partial charge in [0.05, 0.1) is 12.7 Å². The number of hydrogen-bond acceptors (Lipinski definition) is 14. The topological polar surface area (TPSA) is 229 Å². The van der Waals surface area contributed by atoms with Crippen LogP contribution in [0.3, 0.4) is 0 Å². The van der Waals surface area contributed by atoms with Crippen LogP contribution in [0.15, 0.2) is 51.7 Å². The zero-order valence-electron chi connectivity index (χ0n) is 21.5. The van der Waals surface area contributed by atoms with Crippen molar-refractivity contribution in [1.82, 2.24) is 0 Å². The van der Waals surface area contributed by atoms with Crippen LogP contribution in [0, 0.1) is 0 Å². The molecule has 5 rings (SSSR count). The highest BCUT2D eigenvalue weighted by Crippen LogP contribution is 2.34. The molecule has 0 unspecified atom stereocenters. The van der Waals surface area contributed by atoms with Gasteiger partial charge in [-0.2, -0.15) is 0 Å². The number of ether oxygens (including phenoxy) is 4. The minimum atomic E-state index is -1.76. The van der Waals surface area contributed by atoms with Gasteiger partial charge in [-0.15, -0.1) is 0 Å². The average Bonchev–Trinajstić information content (AvgIpc) is 2.94. The van der Waals surface area contributed by atoms with Crippen LogP contribution in [-0.4, -0.2) is 109 Å². The lowest BCUT2D eigenvalue weighted by Crippen LogP contribution is -2.61. The van der Waals surface area contributed by atoms with E-state index in [0.717, 1.165) is 6.07 Å². The van der Waals surface area contributed by atoms with E-state index in [1.54, 1.807) is 0 Å². The van der Waals surface area contributed by atoms with Crippen molar-refractivity contribution >= 4 is 11.0 Å². The maximum absolute atomic E-state index is 12.7. The molecule has 0 amide bonds. The number of rotatable bonds is 6. The van der Waals surface area contributed by atoms with Crippen LogP contribution < -0.4 is 10.2 Å². The Bertz CT molecular complexity index is 1420. The summed E-state index contributed by atoms with van der Waals surface area (Å²) in [7, 11) is 0. The lowest BCUT2D eigenvalue weighted by Gasteiger charge is -2.42. The van der Waals surface area contributed by atoms with Gasteiger partial charge in [-0.1, -0.05) is 0 Å². The Kier molecular flexibility index (Phi) is 8.20. The summed E-state index contributed by atoms with van der Waals surface area (Å²) in [5, 5.41) is 81.2. The molecule has 8 N–H and O–H groups in total. The molecule has 0 spiro atoms. The van der Waals surface area contributed by atoms with Crippen molar-refractivity contribution in [3.8, 4) is 28.6 Å². The number of aliphatic hydroxyl groups is 6. The zero-order chi connectivity index (χ0) is 29.6. The van der Waals surface area contributed by atoms with Crippen molar-refractivity contribution in [3.05, 3.63) is 52.7 Å². The number of aliphatic hydroxyl groups excluding tert-OH is 6. The fourth-order valence-corrected chi connectivity index (χ4v) is 4.71. The fraction of sp³-hybridized carbons (Fsp3) is 0.444. The standard InChI is InChI=1S/C27H30O14/c1-10-20(31)22(33)24(35)26(38-10)37-9-18-21(32)23(34)25(36)27(41-18)39-13-6-14(29)19-15(30)8-16(40-17(19)7-13)11-2-4-12(28)5-3-11/h2-8,10,18,20-29,31-36H,9H2,1H3/t10-,18-,20+,21-,22-,23-,24+,25+,26-,27-/m1/s1. The average molecular weight is 579 g/mol. The Morgan fingerprint density at radius 1 is 0.780 bits per heavy atom. The number of fused-ring (bicyclic) bond motifs is 1. The molecule has 1 aromatic heterocycles. The third kappa shape index (κ3) is 5.74. The predicted molar refractivity (Wildman–Crippen MR) is 137 cm³/mol. The second-order valence-electron chi connectivity index (χ2n) is 9.98. The van der Waals surface area contributed by atoms with Crippen LogP contribution in [0.2, 0.25) is 0 Å². The van der Waals surface area contributed by atoms with Crippen molar-refractivity contribution in [2.75, 3.05) is 6.61 Å². The van der Waals surface area contributed by atoms with Crippen LogP contribution in [0.4, 0.5) is 0 Å². The first-order valence-electron chi connectivity index (χ1n) is 12.7. The van der Waals surface area contributed by atoms with Gasteiger partial charge in [0.15, 0.2) is 11.7 Å². The van der Waals surface area contributed by atoms with E-state index in [-0.39, 0.29) is 28.2 Å². The lowest BCUT2D eigenvalue weighted by atomic mass is 9.98. The molecular formula is C27H30O14. The molecule has 3 heterocycles. The van der Waals surface area contributed by atoms with Crippen molar-refractivity contribution < 1.29 is 64.2 Å². The molecule has 0 aliphatic carbocycles. The quantitative estimate of drug-likeness (QED) is 0.174. The Morgan fingerprint density at radius 2 is 1.44 bits per heavy atom. The molecule has 222 valence electrons. The molecule has 2 saturated heterocycles. The normalized spacial score (nSPS) is 34.0. The first-order chi connectivity index (χ1) is 19.4. The third-order valence-corrected chi connectivity index (χ3v) is 7.09. The van der Waals surface area contributed by atoms with E-state index in [9.17, 15) is 45.6 Å². The lowest BCUT2D eigenvalue weighted by molar-refractivity contribution is -0.318. The molecule has 41 heavy (non-hydrogen) atoms. The summed E-state index contributed by atoms with van der Waals surface area (Å²) in [6, 6.07) is 9.40. The van der Waals surface area contributed by atoms with Crippen molar-refractivity contribution in [2.24, 2.45) is 0 Å². The van der Waals surface area contributed by atoms with Gasteiger partial charge >= 0.3 is 0 Å². The summed E-state index contributed by atoms with van der Waals surface area (Å²) in [5.41, 5.74) is -0.149. The summed E-state index contributed by atoms with van der Waals surface area (Å²) in [4.78, 5) is 12.7. The van der Waals surface area contributed by atoms with E-state index < -0.39 is 79.2 Å². The molecule has 2 aliphatic heterocycles. The van der Waals surface area contributed by atoms with Gasteiger partial charge in [0.2, 0.25) is 6.29 Å². The molecule has 2 aliphatic rings. The molecule has 0 radical (unpaired) electrons. The summed E-state index contributed by atoms with van der Waals surface area (Å²) >= 11 is 0. The third-order valence-electron chi connectivity index (χ3n) is 7.09. The first kappa shape index (κ1) is 29.2. The number of phenolic OH excluding ortho intramolecular Hbond substituents is 2. The van der Waals surface area contributed by atoms with Crippen LogP contribution in [0.1, 0.15) is 6.92 Å². The number of aromatic hydroxyl groups is 2. The van der Waals surface area contributed by atoms with E-state index in [1.807, 2.05) is 0 Å². The highest BCUT2D eigenvalue weighted by atomic mass is 16.7. The van der Waals surface area contributed by atoms with Gasteiger partial charge < -0.3 is 64.2 Å². The van der Waals surface area contributed by atoms with E-state index >= 15 is 0 Å².